The highest BCUT2D eigenvalue weighted by Gasteiger charge is 2.37. The van der Waals surface area contributed by atoms with Crippen molar-refractivity contribution in [1.82, 2.24) is 10.2 Å². The number of hydrogen-bond donors (Lipinski definition) is 1. The number of fused-ring (bicyclic) bond motifs is 1. The van der Waals surface area contributed by atoms with E-state index in [1.54, 1.807) is 0 Å². The van der Waals surface area contributed by atoms with Crippen LogP contribution in [0.1, 0.15) is 20.3 Å². The zero-order valence-corrected chi connectivity index (χ0v) is 7.56. The molecule has 0 saturated carbocycles. The highest BCUT2D eigenvalue weighted by Crippen LogP contribution is 2.33. The highest BCUT2D eigenvalue weighted by molar-refractivity contribution is 4.93. The molecular weight excluding hydrogens is 136 g/mol. The Morgan fingerprint density at radius 2 is 2.27 bits per heavy atom. The Labute approximate surface area is 69.0 Å². The SMILES string of the molecule is CC1(C)C[C@H]2CNCCN2C1. The molecule has 1 atom stereocenters. The molecule has 0 aromatic heterocycles. The lowest BCUT2D eigenvalue weighted by atomic mass is 9.91. The third-order valence-corrected chi connectivity index (χ3v) is 2.89. The molecule has 1 N–H and O–H groups in total. The van der Waals surface area contributed by atoms with E-state index in [-0.39, 0.29) is 0 Å². The van der Waals surface area contributed by atoms with Gasteiger partial charge >= 0.3 is 0 Å². The van der Waals surface area contributed by atoms with Gasteiger partial charge in [0.2, 0.25) is 0 Å². The average Bonchev–Trinajstić information content (AvgIpc) is 2.21. The first kappa shape index (κ1) is 7.56. The van der Waals surface area contributed by atoms with Gasteiger partial charge in [-0.25, -0.2) is 0 Å². The largest absolute Gasteiger partial charge is 0.314 e. The molecule has 0 aliphatic carbocycles. The van der Waals surface area contributed by atoms with Crippen LogP contribution in [0.3, 0.4) is 0 Å². The lowest BCUT2D eigenvalue weighted by Gasteiger charge is -2.29. The van der Waals surface area contributed by atoms with Crippen molar-refractivity contribution in [3.8, 4) is 0 Å². The predicted molar refractivity (Wildman–Crippen MR) is 46.6 cm³/mol. The number of nitrogens with one attached hydrogen (secondary N) is 1. The van der Waals surface area contributed by atoms with Gasteiger partial charge in [0.15, 0.2) is 0 Å². The van der Waals surface area contributed by atoms with Crippen LogP contribution >= 0.6 is 0 Å². The third-order valence-electron chi connectivity index (χ3n) is 2.89. The van der Waals surface area contributed by atoms with Crippen LogP contribution in [-0.4, -0.2) is 37.1 Å². The van der Waals surface area contributed by atoms with Gasteiger partial charge in [-0.2, -0.15) is 0 Å². The van der Waals surface area contributed by atoms with Crippen LogP contribution in [0.2, 0.25) is 0 Å². The normalized spacial score (nSPS) is 37.1. The predicted octanol–water partition coefficient (Wildman–Crippen LogP) is 0.690. The molecule has 0 aromatic rings. The van der Waals surface area contributed by atoms with Crippen molar-refractivity contribution in [2.24, 2.45) is 5.41 Å². The summed E-state index contributed by atoms with van der Waals surface area (Å²) >= 11 is 0. The molecule has 0 bridgehead atoms. The number of rotatable bonds is 0. The number of hydrogen-bond acceptors (Lipinski definition) is 2. The van der Waals surface area contributed by atoms with Gasteiger partial charge in [0, 0.05) is 32.2 Å². The number of nitrogens with zero attached hydrogens (tertiary/aromatic N) is 1. The van der Waals surface area contributed by atoms with Gasteiger partial charge < -0.3 is 5.32 Å². The first-order chi connectivity index (χ1) is 5.17. The summed E-state index contributed by atoms with van der Waals surface area (Å²) in [5.74, 6) is 0. The van der Waals surface area contributed by atoms with Crippen LogP contribution in [0.15, 0.2) is 0 Å². The van der Waals surface area contributed by atoms with Crippen molar-refractivity contribution in [3.05, 3.63) is 0 Å². The van der Waals surface area contributed by atoms with E-state index in [0.717, 1.165) is 6.04 Å². The van der Waals surface area contributed by atoms with E-state index >= 15 is 0 Å². The minimum absolute atomic E-state index is 0.566. The van der Waals surface area contributed by atoms with Crippen molar-refractivity contribution in [3.63, 3.8) is 0 Å². The first-order valence-corrected chi connectivity index (χ1v) is 4.62. The zero-order valence-electron chi connectivity index (χ0n) is 7.56. The fourth-order valence-electron chi connectivity index (χ4n) is 2.46. The van der Waals surface area contributed by atoms with Gasteiger partial charge in [-0.05, 0) is 11.8 Å². The van der Waals surface area contributed by atoms with E-state index in [4.69, 9.17) is 0 Å². The fourth-order valence-corrected chi connectivity index (χ4v) is 2.46. The topological polar surface area (TPSA) is 15.3 Å². The molecule has 0 aromatic carbocycles. The molecule has 0 radical (unpaired) electrons. The molecule has 64 valence electrons. The lowest BCUT2D eigenvalue weighted by molar-refractivity contribution is 0.206. The highest BCUT2D eigenvalue weighted by atomic mass is 15.2. The monoisotopic (exact) mass is 154 g/mol. The van der Waals surface area contributed by atoms with E-state index in [1.165, 1.54) is 32.6 Å². The maximum atomic E-state index is 3.45. The van der Waals surface area contributed by atoms with Gasteiger partial charge in [0.25, 0.3) is 0 Å². The standard InChI is InChI=1S/C9H18N2/c1-9(2)5-8-6-10-3-4-11(8)7-9/h8,10H,3-7H2,1-2H3/t8-/m0/s1. The Morgan fingerprint density at radius 3 is 3.00 bits per heavy atom. The van der Waals surface area contributed by atoms with Gasteiger partial charge in [-0.3, -0.25) is 4.90 Å². The van der Waals surface area contributed by atoms with Crippen molar-refractivity contribution in [2.75, 3.05) is 26.2 Å². The fraction of sp³-hybridized carbons (Fsp3) is 1.00. The smallest absolute Gasteiger partial charge is 0.0226 e. The van der Waals surface area contributed by atoms with E-state index in [0.29, 0.717) is 5.41 Å². The van der Waals surface area contributed by atoms with Crippen LogP contribution in [0, 0.1) is 5.41 Å². The minimum Gasteiger partial charge on any atom is -0.314 e. The summed E-state index contributed by atoms with van der Waals surface area (Å²) in [6.45, 7) is 9.72. The van der Waals surface area contributed by atoms with Crippen LogP contribution in [-0.2, 0) is 0 Å². The van der Waals surface area contributed by atoms with E-state index in [9.17, 15) is 0 Å². The Balaban J connectivity index is 2.03. The Hall–Kier alpha value is -0.0800. The maximum Gasteiger partial charge on any atom is 0.0226 e. The molecule has 2 heterocycles. The van der Waals surface area contributed by atoms with Crippen LogP contribution < -0.4 is 5.32 Å². The molecule has 2 saturated heterocycles. The van der Waals surface area contributed by atoms with Crippen molar-refractivity contribution in [1.29, 1.82) is 0 Å². The molecule has 0 amide bonds. The Morgan fingerprint density at radius 1 is 1.45 bits per heavy atom. The number of piperazine rings is 1. The quantitative estimate of drug-likeness (QED) is 0.552. The Kier molecular flexibility index (Phi) is 1.69. The van der Waals surface area contributed by atoms with Crippen LogP contribution in [0.4, 0.5) is 0 Å². The molecule has 2 nitrogen and oxygen atoms in total. The molecule has 2 fully saturated rings. The van der Waals surface area contributed by atoms with E-state index in [2.05, 4.69) is 24.1 Å². The summed E-state index contributed by atoms with van der Waals surface area (Å²) in [5.41, 5.74) is 0.566. The summed E-state index contributed by atoms with van der Waals surface area (Å²) in [6.07, 6.45) is 1.38. The average molecular weight is 154 g/mol. The van der Waals surface area contributed by atoms with Crippen LogP contribution in [0.5, 0.6) is 0 Å². The van der Waals surface area contributed by atoms with Crippen molar-refractivity contribution >= 4 is 0 Å². The summed E-state index contributed by atoms with van der Waals surface area (Å²) in [6, 6.07) is 0.832. The van der Waals surface area contributed by atoms with Gasteiger partial charge in [0.05, 0.1) is 0 Å². The molecule has 2 aliphatic heterocycles. The Bertz CT molecular complexity index is 138. The molecule has 2 heteroatoms. The molecule has 2 aliphatic rings. The van der Waals surface area contributed by atoms with Crippen molar-refractivity contribution < 1.29 is 0 Å². The summed E-state index contributed by atoms with van der Waals surface area (Å²) < 4.78 is 0. The van der Waals surface area contributed by atoms with E-state index < -0.39 is 0 Å². The minimum atomic E-state index is 0.566. The molecule has 2 rings (SSSR count). The van der Waals surface area contributed by atoms with Gasteiger partial charge in [0.1, 0.15) is 0 Å². The second kappa shape index (κ2) is 2.46. The maximum absolute atomic E-state index is 3.45. The molecule has 0 unspecified atom stereocenters. The molecule has 11 heavy (non-hydrogen) atoms. The molecular formula is C9H18N2. The third kappa shape index (κ3) is 1.42. The lowest BCUT2D eigenvalue weighted by Crippen LogP contribution is -2.47. The van der Waals surface area contributed by atoms with Crippen molar-refractivity contribution in [2.45, 2.75) is 26.3 Å². The molecule has 0 spiro atoms. The summed E-state index contributed by atoms with van der Waals surface area (Å²) in [7, 11) is 0. The first-order valence-electron chi connectivity index (χ1n) is 4.62. The second-order valence-electron chi connectivity index (χ2n) is 4.70. The summed E-state index contributed by atoms with van der Waals surface area (Å²) in [5, 5.41) is 3.45. The summed E-state index contributed by atoms with van der Waals surface area (Å²) in [4.78, 5) is 2.64. The van der Waals surface area contributed by atoms with Crippen LogP contribution in [0.25, 0.3) is 0 Å². The second-order valence-corrected chi connectivity index (χ2v) is 4.70. The zero-order chi connectivity index (χ0) is 7.90. The van der Waals surface area contributed by atoms with E-state index in [1.807, 2.05) is 0 Å². The van der Waals surface area contributed by atoms with Gasteiger partial charge in [-0.15, -0.1) is 0 Å². The van der Waals surface area contributed by atoms with Gasteiger partial charge in [-0.1, -0.05) is 13.8 Å².